The molecule has 0 aliphatic heterocycles. The molecule has 0 saturated heterocycles. The van der Waals surface area contributed by atoms with Gasteiger partial charge in [-0.2, -0.15) is 0 Å². The molecule has 1 N–H and O–H groups in total. The highest BCUT2D eigenvalue weighted by Crippen LogP contribution is 2.18. The van der Waals surface area contributed by atoms with Gasteiger partial charge in [0.1, 0.15) is 5.75 Å². The Hall–Kier alpha value is -2.26. The van der Waals surface area contributed by atoms with Crippen molar-refractivity contribution in [2.45, 2.75) is 19.4 Å². The van der Waals surface area contributed by atoms with Crippen LogP contribution in [-0.2, 0) is 13.0 Å². The smallest absolute Gasteiger partial charge is 0.119 e. The average molecular weight is 323 g/mol. The van der Waals surface area contributed by atoms with Gasteiger partial charge in [0.25, 0.3) is 0 Å². The molecule has 118 valence electrons. The maximum atomic E-state index is 5.81. The Morgan fingerprint density at radius 2 is 1.70 bits per heavy atom. The highest BCUT2D eigenvalue weighted by Gasteiger charge is 1.98. The molecular weight excluding hydrogens is 302 g/mol. The molecule has 0 radical (unpaired) electrons. The Balaban J connectivity index is 1.39. The fourth-order valence-electron chi connectivity index (χ4n) is 2.38. The van der Waals surface area contributed by atoms with Crippen molar-refractivity contribution >= 4 is 17.0 Å². The lowest BCUT2D eigenvalue weighted by Crippen LogP contribution is -2.00. The van der Waals surface area contributed by atoms with E-state index in [1.165, 1.54) is 10.4 Å². The third-order valence-electron chi connectivity index (χ3n) is 3.62. The number of thiophene rings is 1. The van der Waals surface area contributed by atoms with Gasteiger partial charge in [0.05, 0.1) is 6.61 Å². The largest absolute Gasteiger partial charge is 0.494 e. The molecule has 1 aromatic heterocycles. The lowest BCUT2D eigenvalue weighted by Gasteiger charge is -2.08. The lowest BCUT2D eigenvalue weighted by molar-refractivity contribution is 0.311. The molecule has 0 aliphatic rings. The van der Waals surface area contributed by atoms with Crippen molar-refractivity contribution < 1.29 is 4.74 Å². The van der Waals surface area contributed by atoms with Gasteiger partial charge in [0.15, 0.2) is 0 Å². The summed E-state index contributed by atoms with van der Waals surface area (Å²) in [5, 5.41) is 5.52. The predicted molar refractivity (Wildman–Crippen MR) is 98.3 cm³/mol. The number of aryl methyl sites for hydroxylation is 1. The first kappa shape index (κ1) is 15.6. The standard InChI is InChI=1S/C20H21NOS/c1-2-6-17(7-3-1)8-4-14-22-19-12-10-18(11-13-19)21-16-20-9-5-15-23-20/h1-3,5-7,9-13,15,21H,4,8,14,16H2. The average Bonchev–Trinajstić information content (AvgIpc) is 3.12. The van der Waals surface area contributed by atoms with E-state index < -0.39 is 0 Å². The van der Waals surface area contributed by atoms with Crippen LogP contribution in [0, 0.1) is 0 Å². The second-order valence-corrected chi connectivity index (χ2v) is 6.43. The van der Waals surface area contributed by atoms with Crippen LogP contribution in [0.25, 0.3) is 0 Å². The summed E-state index contributed by atoms with van der Waals surface area (Å²) >= 11 is 1.77. The molecule has 0 saturated carbocycles. The minimum Gasteiger partial charge on any atom is -0.494 e. The van der Waals surface area contributed by atoms with Gasteiger partial charge >= 0.3 is 0 Å². The monoisotopic (exact) mass is 323 g/mol. The van der Waals surface area contributed by atoms with E-state index in [-0.39, 0.29) is 0 Å². The zero-order valence-corrected chi connectivity index (χ0v) is 13.9. The fraction of sp³-hybridized carbons (Fsp3) is 0.200. The molecule has 0 unspecified atom stereocenters. The van der Waals surface area contributed by atoms with Crippen LogP contribution in [0.15, 0.2) is 72.1 Å². The number of anilines is 1. The van der Waals surface area contributed by atoms with Crippen LogP contribution < -0.4 is 10.1 Å². The summed E-state index contributed by atoms with van der Waals surface area (Å²) in [6.07, 6.45) is 2.09. The van der Waals surface area contributed by atoms with Crippen molar-refractivity contribution in [2.24, 2.45) is 0 Å². The number of benzene rings is 2. The van der Waals surface area contributed by atoms with Crippen molar-refractivity contribution in [1.29, 1.82) is 0 Å². The molecular formula is C20H21NOS. The summed E-state index contributed by atoms with van der Waals surface area (Å²) in [6.45, 7) is 1.62. The summed E-state index contributed by atoms with van der Waals surface area (Å²) in [5.41, 5.74) is 2.49. The Morgan fingerprint density at radius 1 is 0.870 bits per heavy atom. The second-order valence-electron chi connectivity index (χ2n) is 5.39. The van der Waals surface area contributed by atoms with Crippen LogP contribution in [0.1, 0.15) is 16.9 Å². The molecule has 0 bridgehead atoms. The van der Waals surface area contributed by atoms with Gasteiger partial charge in [-0.3, -0.25) is 0 Å². The van der Waals surface area contributed by atoms with E-state index in [4.69, 9.17) is 4.74 Å². The van der Waals surface area contributed by atoms with Gasteiger partial charge in [-0.15, -0.1) is 11.3 Å². The topological polar surface area (TPSA) is 21.3 Å². The number of hydrogen-bond donors (Lipinski definition) is 1. The van der Waals surface area contributed by atoms with E-state index in [0.29, 0.717) is 0 Å². The third-order valence-corrected chi connectivity index (χ3v) is 4.50. The highest BCUT2D eigenvalue weighted by atomic mass is 32.1. The first-order valence-electron chi connectivity index (χ1n) is 7.93. The molecule has 0 fully saturated rings. The highest BCUT2D eigenvalue weighted by molar-refractivity contribution is 7.09. The van der Waals surface area contributed by atoms with E-state index in [2.05, 4.69) is 59.2 Å². The SMILES string of the molecule is c1ccc(CCCOc2ccc(NCc3cccs3)cc2)cc1. The van der Waals surface area contributed by atoms with Crippen LogP contribution in [0.3, 0.4) is 0 Å². The molecule has 23 heavy (non-hydrogen) atoms. The van der Waals surface area contributed by atoms with Gasteiger partial charge in [-0.05, 0) is 54.1 Å². The molecule has 0 spiro atoms. The maximum absolute atomic E-state index is 5.81. The van der Waals surface area contributed by atoms with Crippen LogP contribution in [0.5, 0.6) is 5.75 Å². The van der Waals surface area contributed by atoms with Crippen molar-refractivity contribution in [3.63, 3.8) is 0 Å². The van der Waals surface area contributed by atoms with Crippen LogP contribution in [0.4, 0.5) is 5.69 Å². The molecule has 1 heterocycles. The molecule has 0 amide bonds. The van der Waals surface area contributed by atoms with Crippen LogP contribution >= 0.6 is 11.3 Å². The van der Waals surface area contributed by atoms with E-state index in [9.17, 15) is 0 Å². The summed E-state index contributed by atoms with van der Waals surface area (Å²) in [7, 11) is 0. The predicted octanol–water partition coefficient (Wildman–Crippen LogP) is 5.37. The fourth-order valence-corrected chi connectivity index (χ4v) is 3.03. The molecule has 0 atom stereocenters. The Morgan fingerprint density at radius 3 is 2.43 bits per heavy atom. The number of ether oxygens (including phenoxy) is 1. The van der Waals surface area contributed by atoms with Gasteiger partial charge in [-0.25, -0.2) is 0 Å². The Bertz CT molecular complexity index is 677. The molecule has 2 aromatic carbocycles. The van der Waals surface area contributed by atoms with E-state index >= 15 is 0 Å². The van der Waals surface area contributed by atoms with Crippen molar-refractivity contribution in [3.8, 4) is 5.75 Å². The van der Waals surface area contributed by atoms with Gasteiger partial charge < -0.3 is 10.1 Å². The molecule has 0 aliphatic carbocycles. The zero-order valence-electron chi connectivity index (χ0n) is 13.1. The first-order valence-corrected chi connectivity index (χ1v) is 8.81. The summed E-state index contributed by atoms with van der Waals surface area (Å²) in [6, 6.07) is 22.9. The summed E-state index contributed by atoms with van der Waals surface area (Å²) < 4.78 is 5.81. The number of hydrogen-bond acceptors (Lipinski definition) is 3. The van der Waals surface area contributed by atoms with E-state index in [0.717, 1.165) is 37.4 Å². The molecule has 2 nitrogen and oxygen atoms in total. The van der Waals surface area contributed by atoms with Gasteiger partial charge in [0.2, 0.25) is 0 Å². The minimum atomic E-state index is 0.747. The Kier molecular flexibility index (Phi) is 5.70. The van der Waals surface area contributed by atoms with Gasteiger partial charge in [-0.1, -0.05) is 36.4 Å². The third kappa shape index (κ3) is 5.15. The molecule has 3 aromatic rings. The van der Waals surface area contributed by atoms with Gasteiger partial charge in [0, 0.05) is 17.1 Å². The van der Waals surface area contributed by atoms with Crippen LogP contribution in [0.2, 0.25) is 0 Å². The van der Waals surface area contributed by atoms with Crippen molar-refractivity contribution in [2.75, 3.05) is 11.9 Å². The van der Waals surface area contributed by atoms with Crippen molar-refractivity contribution in [3.05, 3.63) is 82.6 Å². The minimum absolute atomic E-state index is 0.747. The maximum Gasteiger partial charge on any atom is 0.119 e. The van der Waals surface area contributed by atoms with Crippen LogP contribution in [-0.4, -0.2) is 6.61 Å². The number of nitrogens with one attached hydrogen (secondary N) is 1. The Labute approximate surface area is 141 Å². The van der Waals surface area contributed by atoms with E-state index in [1.54, 1.807) is 11.3 Å². The van der Waals surface area contributed by atoms with Crippen molar-refractivity contribution in [1.82, 2.24) is 0 Å². The normalized spacial score (nSPS) is 10.4. The summed E-state index contributed by atoms with van der Waals surface area (Å²) in [5.74, 6) is 0.930. The first-order chi connectivity index (χ1) is 11.4. The lowest BCUT2D eigenvalue weighted by atomic mass is 10.1. The quantitative estimate of drug-likeness (QED) is 0.563. The van der Waals surface area contributed by atoms with E-state index in [1.807, 2.05) is 18.2 Å². The molecule has 3 heteroatoms. The number of rotatable bonds is 8. The zero-order chi connectivity index (χ0) is 15.7. The second kappa shape index (κ2) is 8.39. The molecule has 3 rings (SSSR count). The summed E-state index contributed by atoms with van der Waals surface area (Å²) in [4.78, 5) is 1.34.